The van der Waals surface area contributed by atoms with Gasteiger partial charge in [-0.2, -0.15) is 0 Å². The molecule has 2 aromatic rings. The molecular formula is C25H28BrNO6. The zero-order valence-electron chi connectivity index (χ0n) is 19.1. The third kappa shape index (κ3) is 5.39. The van der Waals surface area contributed by atoms with Crippen molar-refractivity contribution in [2.45, 2.75) is 32.4 Å². The van der Waals surface area contributed by atoms with Crippen LogP contribution in [0, 0.1) is 0 Å². The Morgan fingerprint density at radius 1 is 1.06 bits per heavy atom. The van der Waals surface area contributed by atoms with Gasteiger partial charge in [0, 0.05) is 23.2 Å². The van der Waals surface area contributed by atoms with Crippen LogP contribution in [-0.4, -0.2) is 55.2 Å². The SMILES string of the molecule is COc1ccc(C2/C(=C(/O)c3ccc(Br)cc3)C(=O)C(=O)N2CCCOC(C)C)cc1OC. The topological polar surface area (TPSA) is 85.3 Å². The Kier molecular flexibility index (Phi) is 8.15. The zero-order chi connectivity index (χ0) is 24.1. The van der Waals surface area contributed by atoms with E-state index in [0.29, 0.717) is 42.2 Å². The number of ketones is 1. The lowest BCUT2D eigenvalue weighted by Gasteiger charge is -2.26. The van der Waals surface area contributed by atoms with Gasteiger partial charge in [-0.05, 0) is 50.1 Å². The number of likely N-dealkylation sites (tertiary alicyclic amines) is 1. The molecule has 0 aliphatic carbocycles. The average Bonchev–Trinajstić information content (AvgIpc) is 3.06. The van der Waals surface area contributed by atoms with Crippen LogP contribution in [0.25, 0.3) is 5.76 Å². The predicted octanol–water partition coefficient (Wildman–Crippen LogP) is 4.70. The van der Waals surface area contributed by atoms with Crippen molar-refractivity contribution in [3.05, 3.63) is 63.6 Å². The van der Waals surface area contributed by atoms with Gasteiger partial charge < -0.3 is 24.2 Å². The van der Waals surface area contributed by atoms with Gasteiger partial charge in [-0.3, -0.25) is 9.59 Å². The third-order valence-corrected chi connectivity index (χ3v) is 5.90. The van der Waals surface area contributed by atoms with Gasteiger partial charge in [0.2, 0.25) is 0 Å². The van der Waals surface area contributed by atoms with E-state index in [1.807, 2.05) is 13.8 Å². The van der Waals surface area contributed by atoms with Gasteiger partial charge >= 0.3 is 0 Å². The van der Waals surface area contributed by atoms with Gasteiger partial charge in [0.15, 0.2) is 11.5 Å². The summed E-state index contributed by atoms with van der Waals surface area (Å²) in [5, 5.41) is 11.1. The molecule has 1 heterocycles. The van der Waals surface area contributed by atoms with Crippen LogP contribution in [0.2, 0.25) is 0 Å². The highest BCUT2D eigenvalue weighted by atomic mass is 79.9. The molecule has 176 valence electrons. The van der Waals surface area contributed by atoms with Crippen molar-refractivity contribution in [2.75, 3.05) is 27.4 Å². The summed E-state index contributed by atoms with van der Waals surface area (Å²) in [5.41, 5.74) is 1.12. The van der Waals surface area contributed by atoms with Crippen LogP contribution < -0.4 is 9.47 Å². The van der Waals surface area contributed by atoms with Gasteiger partial charge in [0.25, 0.3) is 11.7 Å². The maximum Gasteiger partial charge on any atom is 0.295 e. The molecule has 3 rings (SSSR count). The number of amides is 1. The largest absolute Gasteiger partial charge is 0.507 e. The number of carbonyl (C=O) groups is 2. The molecule has 7 nitrogen and oxygen atoms in total. The summed E-state index contributed by atoms with van der Waals surface area (Å²) in [6.07, 6.45) is 0.618. The van der Waals surface area contributed by atoms with E-state index in [1.54, 1.807) is 42.5 Å². The van der Waals surface area contributed by atoms with Crippen molar-refractivity contribution in [3.63, 3.8) is 0 Å². The first-order chi connectivity index (χ1) is 15.8. The Morgan fingerprint density at radius 3 is 2.33 bits per heavy atom. The normalized spacial score (nSPS) is 17.6. The molecule has 1 aliphatic heterocycles. The van der Waals surface area contributed by atoms with Gasteiger partial charge in [0.05, 0.1) is 31.9 Å². The van der Waals surface area contributed by atoms with Crippen molar-refractivity contribution in [1.29, 1.82) is 0 Å². The van der Waals surface area contributed by atoms with E-state index < -0.39 is 17.7 Å². The fourth-order valence-electron chi connectivity index (χ4n) is 3.80. The molecule has 1 unspecified atom stereocenters. The molecular weight excluding hydrogens is 490 g/mol. The molecule has 2 aromatic carbocycles. The van der Waals surface area contributed by atoms with Gasteiger partial charge in [-0.1, -0.05) is 34.1 Å². The Labute approximate surface area is 202 Å². The van der Waals surface area contributed by atoms with Crippen LogP contribution in [0.15, 0.2) is 52.5 Å². The molecule has 0 spiro atoms. The van der Waals surface area contributed by atoms with Crippen molar-refractivity contribution in [1.82, 2.24) is 4.90 Å². The first kappa shape index (κ1) is 24.8. The van der Waals surface area contributed by atoms with Crippen molar-refractivity contribution in [2.24, 2.45) is 0 Å². The number of halogens is 1. The summed E-state index contributed by atoms with van der Waals surface area (Å²) >= 11 is 3.37. The minimum atomic E-state index is -0.771. The number of carbonyl (C=O) groups excluding carboxylic acids is 2. The summed E-state index contributed by atoms with van der Waals surface area (Å²) in [6, 6.07) is 11.3. The van der Waals surface area contributed by atoms with Crippen molar-refractivity contribution < 1.29 is 28.9 Å². The second-order valence-corrected chi connectivity index (χ2v) is 8.80. The monoisotopic (exact) mass is 517 g/mol. The lowest BCUT2D eigenvalue weighted by atomic mass is 9.95. The van der Waals surface area contributed by atoms with E-state index in [9.17, 15) is 14.7 Å². The predicted molar refractivity (Wildman–Crippen MR) is 128 cm³/mol. The Hall–Kier alpha value is -2.84. The molecule has 1 saturated heterocycles. The van der Waals surface area contributed by atoms with E-state index in [-0.39, 0.29) is 17.4 Å². The number of hydrogen-bond acceptors (Lipinski definition) is 6. The summed E-state index contributed by atoms with van der Waals surface area (Å²) in [5.74, 6) is -0.608. The lowest BCUT2D eigenvalue weighted by molar-refractivity contribution is -0.140. The third-order valence-electron chi connectivity index (χ3n) is 5.38. The van der Waals surface area contributed by atoms with Crippen LogP contribution in [-0.2, 0) is 14.3 Å². The molecule has 33 heavy (non-hydrogen) atoms. The minimum absolute atomic E-state index is 0.0410. The van der Waals surface area contributed by atoms with E-state index in [0.717, 1.165) is 4.47 Å². The second-order valence-electron chi connectivity index (χ2n) is 7.89. The minimum Gasteiger partial charge on any atom is -0.507 e. The summed E-state index contributed by atoms with van der Waals surface area (Å²) in [7, 11) is 3.05. The molecule has 1 fully saturated rings. The lowest BCUT2D eigenvalue weighted by Crippen LogP contribution is -2.31. The standard InChI is InChI=1S/C25H28BrNO6/c1-15(2)33-13-5-12-27-22(17-8-11-19(31-3)20(14-17)32-4)21(24(29)25(27)30)23(28)16-6-9-18(26)10-7-16/h6-11,14-15,22,28H,5,12-13H2,1-4H3/b23-21-. The highest BCUT2D eigenvalue weighted by Crippen LogP contribution is 2.42. The van der Waals surface area contributed by atoms with Crippen LogP contribution in [0.1, 0.15) is 37.4 Å². The second kappa shape index (κ2) is 10.9. The average molecular weight is 518 g/mol. The number of Topliss-reactive ketones (excluding diaryl/α,β-unsaturated/α-hetero) is 1. The van der Waals surface area contributed by atoms with Gasteiger partial charge in [-0.25, -0.2) is 0 Å². The maximum atomic E-state index is 13.1. The summed E-state index contributed by atoms with van der Waals surface area (Å²) in [4.78, 5) is 27.6. The van der Waals surface area contributed by atoms with Crippen LogP contribution >= 0.6 is 15.9 Å². The number of aliphatic hydroxyl groups excluding tert-OH is 1. The fourth-order valence-corrected chi connectivity index (χ4v) is 4.06. The first-order valence-electron chi connectivity index (χ1n) is 10.7. The number of benzene rings is 2. The number of methoxy groups -OCH3 is 2. The Bertz CT molecular complexity index is 1050. The number of aliphatic hydroxyl groups is 1. The number of nitrogens with zero attached hydrogens (tertiary/aromatic N) is 1. The first-order valence-corrected chi connectivity index (χ1v) is 11.5. The number of rotatable bonds is 9. The van der Waals surface area contributed by atoms with Gasteiger partial charge in [-0.15, -0.1) is 0 Å². The highest BCUT2D eigenvalue weighted by Gasteiger charge is 2.46. The molecule has 1 atom stereocenters. The quantitative estimate of drug-likeness (QED) is 0.224. The van der Waals surface area contributed by atoms with Crippen LogP contribution in [0.4, 0.5) is 0 Å². The Balaban J connectivity index is 2.08. The smallest absolute Gasteiger partial charge is 0.295 e. The van der Waals surface area contributed by atoms with Gasteiger partial charge in [0.1, 0.15) is 5.76 Å². The molecule has 8 heteroatoms. The molecule has 0 bridgehead atoms. The van der Waals surface area contributed by atoms with Crippen molar-refractivity contribution in [3.8, 4) is 11.5 Å². The van der Waals surface area contributed by atoms with E-state index in [1.165, 1.54) is 19.1 Å². The van der Waals surface area contributed by atoms with E-state index in [2.05, 4.69) is 15.9 Å². The molecule has 1 amide bonds. The van der Waals surface area contributed by atoms with Crippen LogP contribution in [0.5, 0.6) is 11.5 Å². The van der Waals surface area contributed by atoms with Crippen LogP contribution in [0.3, 0.4) is 0 Å². The number of hydrogen-bond donors (Lipinski definition) is 1. The van der Waals surface area contributed by atoms with E-state index in [4.69, 9.17) is 14.2 Å². The summed E-state index contributed by atoms with van der Waals surface area (Å²) in [6.45, 7) is 4.63. The van der Waals surface area contributed by atoms with E-state index >= 15 is 0 Å². The molecule has 0 saturated carbocycles. The number of ether oxygens (including phenoxy) is 3. The molecule has 1 aliphatic rings. The maximum absolute atomic E-state index is 13.1. The van der Waals surface area contributed by atoms with Crippen molar-refractivity contribution >= 4 is 33.4 Å². The fraction of sp³-hybridized carbons (Fsp3) is 0.360. The molecule has 1 N–H and O–H groups in total. The molecule has 0 aromatic heterocycles. The summed E-state index contributed by atoms with van der Waals surface area (Å²) < 4.78 is 17.2. The highest BCUT2D eigenvalue weighted by molar-refractivity contribution is 9.10. The Morgan fingerprint density at radius 2 is 1.73 bits per heavy atom. The zero-order valence-corrected chi connectivity index (χ0v) is 20.7. The molecule has 0 radical (unpaired) electrons.